The van der Waals surface area contributed by atoms with Crippen molar-refractivity contribution < 1.29 is 31.1 Å². The van der Waals surface area contributed by atoms with Crippen LogP contribution in [0.25, 0.3) is 10.6 Å². The number of nitriles is 1. The summed E-state index contributed by atoms with van der Waals surface area (Å²) in [6.45, 7) is 0.0737. The van der Waals surface area contributed by atoms with Crippen LogP contribution < -0.4 is 0 Å². The number of nitrogens with zero attached hydrogens (tertiary/aromatic N) is 2. The summed E-state index contributed by atoms with van der Waals surface area (Å²) in [7, 11) is 0. The van der Waals surface area contributed by atoms with Crippen molar-refractivity contribution in [3.8, 4) is 16.6 Å². The minimum Gasteiger partial charge on any atom is -0.358 e. The normalized spacial score (nSPS) is 13.1. The first kappa shape index (κ1) is 24.2. The lowest BCUT2D eigenvalue weighted by Crippen LogP contribution is -2.20. The van der Waals surface area contributed by atoms with Crippen molar-refractivity contribution >= 4 is 27.3 Å². The number of hydrogen-bond donors (Lipinski definition) is 0. The molecule has 0 saturated carbocycles. The highest BCUT2D eigenvalue weighted by atomic mass is 79.9. The molecule has 1 aromatic heterocycles. The lowest BCUT2D eigenvalue weighted by molar-refractivity contribution is -0.181. The molecule has 0 amide bonds. The van der Waals surface area contributed by atoms with Crippen molar-refractivity contribution in [2.75, 3.05) is 6.61 Å². The Balaban J connectivity index is 2.01. The van der Waals surface area contributed by atoms with Gasteiger partial charge in [-0.3, -0.25) is 0 Å². The molecule has 3 rings (SSSR count). The molecule has 0 aliphatic carbocycles. The Bertz CT molecular complexity index is 1150. The van der Waals surface area contributed by atoms with Gasteiger partial charge in [-0.25, -0.2) is 4.98 Å². The van der Waals surface area contributed by atoms with Gasteiger partial charge in [-0.05, 0) is 52.7 Å². The van der Waals surface area contributed by atoms with Crippen LogP contribution in [-0.4, -0.2) is 17.8 Å². The SMILES string of the molecule is Cc1nc(-c2ccc(C(F)(F)F)cc2)sc1C(OCC(F)(F)F)c1ccc(C#N)c(Br)c1. The maximum Gasteiger partial charge on any atom is 0.416 e. The molecule has 168 valence electrons. The van der Waals surface area contributed by atoms with Crippen molar-refractivity contribution in [1.82, 2.24) is 4.98 Å². The average molecular weight is 535 g/mol. The molecular weight excluding hydrogens is 522 g/mol. The van der Waals surface area contributed by atoms with Crippen LogP contribution in [0.1, 0.15) is 33.4 Å². The molecule has 0 fully saturated rings. The van der Waals surface area contributed by atoms with Gasteiger partial charge in [0.25, 0.3) is 0 Å². The van der Waals surface area contributed by atoms with E-state index in [-0.39, 0.29) is 0 Å². The highest BCUT2D eigenvalue weighted by Crippen LogP contribution is 2.39. The van der Waals surface area contributed by atoms with Crippen LogP contribution in [0.2, 0.25) is 0 Å². The number of rotatable bonds is 5. The molecular formula is C21H13BrF6N2OS. The van der Waals surface area contributed by atoms with Crippen molar-refractivity contribution in [2.45, 2.75) is 25.4 Å². The van der Waals surface area contributed by atoms with E-state index in [2.05, 4.69) is 20.9 Å². The average Bonchev–Trinajstić information content (AvgIpc) is 3.08. The third-order valence-electron chi connectivity index (χ3n) is 4.36. The molecule has 3 nitrogen and oxygen atoms in total. The number of aryl methyl sites for hydroxylation is 1. The predicted molar refractivity (Wildman–Crippen MR) is 110 cm³/mol. The number of alkyl halides is 6. The fourth-order valence-corrected chi connectivity index (χ4v) is 4.50. The quantitative estimate of drug-likeness (QED) is 0.319. The van der Waals surface area contributed by atoms with Gasteiger partial charge in [0.1, 0.15) is 23.8 Å². The third kappa shape index (κ3) is 5.68. The molecule has 0 saturated heterocycles. The Kier molecular flexibility index (Phi) is 6.97. The number of benzene rings is 2. The predicted octanol–water partition coefficient (Wildman–Crippen LogP) is 7.44. The van der Waals surface area contributed by atoms with E-state index in [1.165, 1.54) is 30.3 Å². The van der Waals surface area contributed by atoms with Gasteiger partial charge >= 0.3 is 12.4 Å². The number of halogens is 7. The third-order valence-corrected chi connectivity index (χ3v) is 6.27. The van der Waals surface area contributed by atoms with Gasteiger partial charge < -0.3 is 4.74 Å². The maximum absolute atomic E-state index is 12.9. The van der Waals surface area contributed by atoms with Crippen LogP contribution in [0.3, 0.4) is 0 Å². The Morgan fingerprint density at radius 2 is 1.75 bits per heavy atom. The summed E-state index contributed by atoms with van der Waals surface area (Å²) in [5.74, 6) is 0. The number of ether oxygens (including phenoxy) is 1. The molecule has 1 atom stereocenters. The monoisotopic (exact) mass is 534 g/mol. The number of hydrogen-bond acceptors (Lipinski definition) is 4. The summed E-state index contributed by atoms with van der Waals surface area (Å²) in [4.78, 5) is 4.71. The van der Waals surface area contributed by atoms with Gasteiger partial charge in [0.05, 0.1) is 21.7 Å². The maximum atomic E-state index is 12.9. The minimum absolute atomic E-state index is 0.301. The zero-order valence-corrected chi connectivity index (χ0v) is 18.6. The van der Waals surface area contributed by atoms with Crippen molar-refractivity contribution in [3.05, 3.63) is 74.2 Å². The van der Waals surface area contributed by atoms with Crippen LogP contribution in [0, 0.1) is 18.3 Å². The molecule has 1 unspecified atom stereocenters. The van der Waals surface area contributed by atoms with Crippen LogP contribution in [0.5, 0.6) is 0 Å². The number of thiazole rings is 1. The van der Waals surface area contributed by atoms with Crippen LogP contribution >= 0.6 is 27.3 Å². The van der Waals surface area contributed by atoms with E-state index in [4.69, 9.17) is 10.00 Å². The Labute approximate surface area is 191 Å². The molecule has 0 aliphatic rings. The molecule has 11 heteroatoms. The standard InChI is InChI=1S/C21H13BrF6N2OS/c1-11-18(32-19(30-11)12-4-6-15(7-5-12)21(26,27)28)17(31-10-20(23,24)25)13-2-3-14(9-29)16(22)8-13/h2-8,17H,10H2,1H3. The lowest BCUT2D eigenvalue weighted by atomic mass is 10.0. The largest absolute Gasteiger partial charge is 0.416 e. The first-order valence-electron chi connectivity index (χ1n) is 8.92. The summed E-state index contributed by atoms with van der Waals surface area (Å²) in [6.07, 6.45) is -10.2. The van der Waals surface area contributed by atoms with Gasteiger partial charge in [0, 0.05) is 10.0 Å². The topological polar surface area (TPSA) is 45.9 Å². The second-order valence-corrected chi connectivity index (χ2v) is 8.59. The molecule has 0 radical (unpaired) electrons. The van der Waals surface area contributed by atoms with E-state index < -0.39 is 30.6 Å². The first-order valence-corrected chi connectivity index (χ1v) is 10.5. The molecule has 32 heavy (non-hydrogen) atoms. The van der Waals surface area contributed by atoms with Crippen LogP contribution in [-0.2, 0) is 10.9 Å². The molecule has 1 heterocycles. The molecule has 2 aromatic carbocycles. The van der Waals surface area contributed by atoms with E-state index in [0.29, 0.717) is 36.7 Å². The van der Waals surface area contributed by atoms with E-state index >= 15 is 0 Å². The Morgan fingerprint density at radius 3 is 2.28 bits per heavy atom. The Hall–Kier alpha value is -2.42. The van der Waals surface area contributed by atoms with E-state index in [1.54, 1.807) is 6.92 Å². The van der Waals surface area contributed by atoms with Crippen molar-refractivity contribution in [1.29, 1.82) is 5.26 Å². The second kappa shape index (κ2) is 9.21. The number of aromatic nitrogens is 1. The summed E-state index contributed by atoms with van der Waals surface area (Å²) < 4.78 is 82.6. The molecule has 0 spiro atoms. The van der Waals surface area contributed by atoms with Crippen LogP contribution in [0.4, 0.5) is 26.3 Å². The molecule has 0 N–H and O–H groups in total. The zero-order chi connectivity index (χ0) is 23.7. The second-order valence-electron chi connectivity index (χ2n) is 6.70. The van der Waals surface area contributed by atoms with Crippen molar-refractivity contribution in [2.24, 2.45) is 0 Å². The smallest absolute Gasteiger partial charge is 0.358 e. The fourth-order valence-electron chi connectivity index (χ4n) is 2.86. The highest BCUT2D eigenvalue weighted by Gasteiger charge is 2.32. The van der Waals surface area contributed by atoms with E-state index in [9.17, 15) is 26.3 Å². The summed E-state index contributed by atoms with van der Waals surface area (Å²) >= 11 is 4.25. The molecule has 0 bridgehead atoms. The molecule has 3 aromatic rings. The Morgan fingerprint density at radius 1 is 1.09 bits per heavy atom. The highest BCUT2D eigenvalue weighted by molar-refractivity contribution is 9.10. The summed E-state index contributed by atoms with van der Waals surface area (Å²) in [5, 5.41) is 9.43. The zero-order valence-electron chi connectivity index (χ0n) is 16.2. The van der Waals surface area contributed by atoms with Crippen LogP contribution in [0.15, 0.2) is 46.9 Å². The minimum atomic E-state index is -4.57. The lowest BCUT2D eigenvalue weighted by Gasteiger charge is -2.19. The fraction of sp³-hybridized carbons (Fsp3) is 0.238. The van der Waals surface area contributed by atoms with Gasteiger partial charge in [-0.15, -0.1) is 11.3 Å². The summed E-state index contributed by atoms with van der Waals surface area (Å²) in [6, 6.07) is 10.7. The molecule has 0 aliphatic heterocycles. The van der Waals surface area contributed by atoms with Gasteiger partial charge in [-0.1, -0.05) is 18.2 Å². The van der Waals surface area contributed by atoms with E-state index in [1.807, 2.05) is 6.07 Å². The first-order chi connectivity index (χ1) is 14.9. The van der Waals surface area contributed by atoms with E-state index in [0.717, 1.165) is 23.5 Å². The summed E-state index contributed by atoms with van der Waals surface area (Å²) in [5.41, 5.74) is 0.634. The van der Waals surface area contributed by atoms with Gasteiger partial charge in [0.15, 0.2) is 0 Å². The van der Waals surface area contributed by atoms with Crippen molar-refractivity contribution in [3.63, 3.8) is 0 Å². The van der Waals surface area contributed by atoms with Gasteiger partial charge in [-0.2, -0.15) is 31.6 Å². The van der Waals surface area contributed by atoms with Gasteiger partial charge in [0.2, 0.25) is 0 Å².